The van der Waals surface area contributed by atoms with Crippen LogP contribution in [0.25, 0.3) is 22.3 Å². The van der Waals surface area contributed by atoms with Crippen molar-refractivity contribution in [2.24, 2.45) is 4.99 Å². The van der Waals surface area contributed by atoms with Gasteiger partial charge >= 0.3 is 0 Å². The van der Waals surface area contributed by atoms with Crippen molar-refractivity contribution in [2.45, 2.75) is 26.3 Å². The highest BCUT2D eigenvalue weighted by Crippen LogP contribution is 2.50. The van der Waals surface area contributed by atoms with Crippen molar-refractivity contribution in [1.29, 1.82) is 0 Å². The molecule has 0 radical (unpaired) electrons. The fourth-order valence-electron chi connectivity index (χ4n) is 4.62. The standard InChI is InChI=1S/C33H29N/c1-33(2,3)34-32-30(26-20-12-6-13-21-26)28(24-16-8-4-9-17-24)29(25-18-10-5-11-19-25)31(32)27-22-14-7-15-23-27/h4-23H,1-3H3. The normalized spacial score (nSPS) is 14.0. The highest BCUT2D eigenvalue weighted by Gasteiger charge is 2.34. The van der Waals surface area contributed by atoms with E-state index >= 15 is 0 Å². The summed E-state index contributed by atoms with van der Waals surface area (Å²) in [4.78, 5) is 5.38. The molecule has 0 spiro atoms. The molecule has 1 aliphatic carbocycles. The summed E-state index contributed by atoms with van der Waals surface area (Å²) < 4.78 is 0. The second kappa shape index (κ2) is 9.11. The van der Waals surface area contributed by atoms with Gasteiger partial charge in [-0.3, -0.25) is 4.99 Å². The van der Waals surface area contributed by atoms with Crippen LogP contribution in [0.2, 0.25) is 0 Å². The minimum atomic E-state index is -0.233. The number of rotatable bonds is 4. The highest BCUT2D eigenvalue weighted by molar-refractivity contribution is 6.61. The maximum Gasteiger partial charge on any atom is 0.0750 e. The number of allylic oxidation sites excluding steroid dienone is 4. The molecule has 0 saturated heterocycles. The molecule has 1 nitrogen and oxygen atoms in total. The van der Waals surface area contributed by atoms with E-state index in [1.165, 1.54) is 44.5 Å². The Balaban J connectivity index is 1.96. The maximum absolute atomic E-state index is 5.38. The van der Waals surface area contributed by atoms with E-state index in [1.807, 2.05) is 0 Å². The third-order valence-electron chi connectivity index (χ3n) is 5.92. The average Bonchev–Trinajstić information content (AvgIpc) is 3.19. The fraction of sp³-hybridized carbons (Fsp3) is 0.121. The molecule has 0 amide bonds. The molecule has 4 aromatic rings. The van der Waals surface area contributed by atoms with E-state index in [0.717, 1.165) is 5.71 Å². The molecule has 0 saturated carbocycles. The molecular weight excluding hydrogens is 410 g/mol. The van der Waals surface area contributed by atoms with Gasteiger partial charge in [-0.2, -0.15) is 0 Å². The Labute approximate surface area is 202 Å². The highest BCUT2D eigenvalue weighted by atomic mass is 14.8. The molecule has 34 heavy (non-hydrogen) atoms. The second-order valence-electron chi connectivity index (χ2n) is 9.60. The summed E-state index contributed by atoms with van der Waals surface area (Å²) in [5, 5.41) is 0. The van der Waals surface area contributed by atoms with Crippen LogP contribution in [0.4, 0.5) is 0 Å². The first-order chi connectivity index (χ1) is 16.5. The topological polar surface area (TPSA) is 12.4 Å². The minimum absolute atomic E-state index is 0.233. The first-order valence-electron chi connectivity index (χ1n) is 11.8. The van der Waals surface area contributed by atoms with E-state index < -0.39 is 0 Å². The van der Waals surface area contributed by atoms with Crippen molar-refractivity contribution in [1.82, 2.24) is 0 Å². The molecule has 1 aliphatic rings. The lowest BCUT2D eigenvalue weighted by Gasteiger charge is -2.19. The van der Waals surface area contributed by atoms with Crippen molar-refractivity contribution in [2.75, 3.05) is 0 Å². The molecule has 0 heterocycles. The number of nitrogens with zero attached hydrogens (tertiary/aromatic N) is 1. The van der Waals surface area contributed by atoms with Gasteiger partial charge in [0.05, 0.1) is 11.3 Å². The SMILES string of the molecule is CC(C)(C)N=C1C(c2ccccc2)=C(c2ccccc2)C(c2ccccc2)=C1c1ccccc1. The monoisotopic (exact) mass is 439 g/mol. The molecular formula is C33H29N. The van der Waals surface area contributed by atoms with E-state index in [0.29, 0.717) is 0 Å². The van der Waals surface area contributed by atoms with Crippen LogP contribution in [-0.2, 0) is 0 Å². The first kappa shape index (κ1) is 21.9. The molecule has 166 valence electrons. The van der Waals surface area contributed by atoms with Crippen molar-refractivity contribution < 1.29 is 0 Å². The molecule has 1 heteroatoms. The fourth-order valence-corrected chi connectivity index (χ4v) is 4.62. The predicted octanol–water partition coefficient (Wildman–Crippen LogP) is 8.46. The molecule has 0 aromatic heterocycles. The van der Waals surface area contributed by atoms with Gasteiger partial charge in [0, 0.05) is 22.3 Å². The van der Waals surface area contributed by atoms with Crippen LogP contribution < -0.4 is 0 Å². The van der Waals surface area contributed by atoms with Gasteiger partial charge in [-0.25, -0.2) is 0 Å². The smallest absolute Gasteiger partial charge is 0.0750 e. The van der Waals surface area contributed by atoms with Crippen molar-refractivity contribution in [3.8, 4) is 0 Å². The number of hydrogen-bond donors (Lipinski definition) is 0. The van der Waals surface area contributed by atoms with Gasteiger partial charge in [-0.05, 0) is 43.0 Å². The molecule has 0 bridgehead atoms. The lowest BCUT2D eigenvalue weighted by Crippen LogP contribution is -2.15. The van der Waals surface area contributed by atoms with E-state index in [4.69, 9.17) is 4.99 Å². The van der Waals surface area contributed by atoms with Crippen LogP contribution in [0, 0.1) is 0 Å². The Morgan fingerprint density at radius 3 is 0.912 bits per heavy atom. The summed E-state index contributed by atoms with van der Waals surface area (Å²) in [5.74, 6) is 0. The average molecular weight is 440 g/mol. The summed E-state index contributed by atoms with van der Waals surface area (Å²) in [5.41, 5.74) is 10.5. The Morgan fingerprint density at radius 2 is 0.647 bits per heavy atom. The van der Waals surface area contributed by atoms with Gasteiger partial charge < -0.3 is 0 Å². The quantitative estimate of drug-likeness (QED) is 0.302. The summed E-state index contributed by atoms with van der Waals surface area (Å²) in [6.07, 6.45) is 0. The van der Waals surface area contributed by atoms with Gasteiger partial charge in [0.15, 0.2) is 0 Å². The van der Waals surface area contributed by atoms with Crippen LogP contribution in [0.3, 0.4) is 0 Å². The van der Waals surface area contributed by atoms with Crippen LogP contribution in [-0.4, -0.2) is 11.3 Å². The molecule has 0 unspecified atom stereocenters. The van der Waals surface area contributed by atoms with Gasteiger partial charge in [-0.1, -0.05) is 121 Å². The van der Waals surface area contributed by atoms with Crippen molar-refractivity contribution >= 4 is 28.0 Å². The lowest BCUT2D eigenvalue weighted by molar-refractivity contribution is 0.585. The number of benzene rings is 4. The molecule has 0 atom stereocenters. The summed E-state index contributed by atoms with van der Waals surface area (Å²) in [6.45, 7) is 6.52. The second-order valence-corrected chi connectivity index (χ2v) is 9.60. The molecule has 5 rings (SSSR count). The zero-order valence-corrected chi connectivity index (χ0v) is 20.0. The van der Waals surface area contributed by atoms with Crippen molar-refractivity contribution in [3.63, 3.8) is 0 Å². The minimum Gasteiger partial charge on any atom is -0.278 e. The zero-order valence-electron chi connectivity index (χ0n) is 20.0. The zero-order chi connectivity index (χ0) is 23.5. The Bertz CT molecular complexity index is 1270. The van der Waals surface area contributed by atoms with Crippen LogP contribution >= 0.6 is 0 Å². The summed E-state index contributed by atoms with van der Waals surface area (Å²) in [6, 6.07) is 42.9. The Kier molecular flexibility index (Phi) is 5.86. The third kappa shape index (κ3) is 4.30. The van der Waals surface area contributed by atoms with Gasteiger partial charge in [0.2, 0.25) is 0 Å². The van der Waals surface area contributed by atoms with Gasteiger partial charge in [-0.15, -0.1) is 0 Å². The van der Waals surface area contributed by atoms with E-state index in [1.54, 1.807) is 0 Å². The largest absolute Gasteiger partial charge is 0.278 e. The van der Waals surface area contributed by atoms with Crippen molar-refractivity contribution in [3.05, 3.63) is 144 Å². The number of aliphatic imine (C=N–C) groups is 1. The molecule has 4 aromatic carbocycles. The van der Waals surface area contributed by atoms with Gasteiger partial charge in [0.1, 0.15) is 0 Å². The molecule has 0 aliphatic heterocycles. The van der Waals surface area contributed by atoms with E-state index in [2.05, 4.69) is 142 Å². The Hall–Kier alpha value is -3.97. The Morgan fingerprint density at radius 1 is 0.382 bits per heavy atom. The van der Waals surface area contributed by atoms with E-state index in [-0.39, 0.29) is 5.54 Å². The van der Waals surface area contributed by atoms with Crippen LogP contribution in [0.1, 0.15) is 43.0 Å². The maximum atomic E-state index is 5.38. The van der Waals surface area contributed by atoms with E-state index in [9.17, 15) is 0 Å². The third-order valence-corrected chi connectivity index (χ3v) is 5.92. The summed E-state index contributed by atoms with van der Waals surface area (Å²) in [7, 11) is 0. The van der Waals surface area contributed by atoms with Gasteiger partial charge in [0.25, 0.3) is 0 Å². The predicted molar refractivity (Wildman–Crippen MR) is 147 cm³/mol. The van der Waals surface area contributed by atoms with Crippen LogP contribution in [0.15, 0.2) is 126 Å². The molecule has 0 N–H and O–H groups in total. The number of hydrogen-bond acceptors (Lipinski definition) is 1. The molecule has 0 fully saturated rings. The van der Waals surface area contributed by atoms with Crippen LogP contribution in [0.5, 0.6) is 0 Å². The lowest BCUT2D eigenvalue weighted by atomic mass is 9.89. The summed E-state index contributed by atoms with van der Waals surface area (Å²) >= 11 is 0. The first-order valence-corrected chi connectivity index (χ1v) is 11.8.